The number of unbranched alkanes of at least 4 members (excludes halogenated alkanes) is 15. The maximum absolute atomic E-state index is 2.30. The monoisotopic (exact) mass is 374 g/mol. The molecule has 0 saturated carbocycles. The van der Waals surface area contributed by atoms with Gasteiger partial charge in [-0.25, -0.2) is 0 Å². The highest BCUT2D eigenvalue weighted by atomic mass is 33.1. The molecule has 0 aromatic rings. The van der Waals surface area contributed by atoms with Crippen LogP contribution in [0.15, 0.2) is 0 Å². The molecule has 0 heterocycles. The summed E-state index contributed by atoms with van der Waals surface area (Å²) < 4.78 is 0.416. The predicted molar refractivity (Wildman–Crippen MR) is 119 cm³/mol. The van der Waals surface area contributed by atoms with Crippen molar-refractivity contribution in [1.29, 1.82) is 0 Å². The SMILES string of the molecule is CCCCCCCCCCCCCCCCCCSSC(C)(C)C. The minimum Gasteiger partial charge on any atom is -0.0936 e. The van der Waals surface area contributed by atoms with Crippen molar-refractivity contribution in [1.82, 2.24) is 0 Å². The lowest BCUT2D eigenvalue weighted by atomic mass is 10.0. The van der Waals surface area contributed by atoms with Crippen LogP contribution in [0.3, 0.4) is 0 Å². The summed E-state index contributed by atoms with van der Waals surface area (Å²) in [6.07, 6.45) is 23.4. The highest BCUT2D eigenvalue weighted by Crippen LogP contribution is 2.35. The summed E-state index contributed by atoms with van der Waals surface area (Å²) in [5.41, 5.74) is 0. The third-order valence-corrected chi connectivity index (χ3v) is 7.82. The zero-order valence-electron chi connectivity index (χ0n) is 17.3. The Labute approximate surface area is 162 Å². The summed E-state index contributed by atoms with van der Waals surface area (Å²) in [7, 11) is 4.10. The number of hydrogen-bond donors (Lipinski definition) is 0. The zero-order valence-corrected chi connectivity index (χ0v) is 19.0. The van der Waals surface area contributed by atoms with Crippen molar-refractivity contribution in [2.75, 3.05) is 5.75 Å². The molecule has 0 aromatic heterocycles. The van der Waals surface area contributed by atoms with Gasteiger partial charge in [0.2, 0.25) is 0 Å². The van der Waals surface area contributed by atoms with Gasteiger partial charge in [0.05, 0.1) is 0 Å². The van der Waals surface area contributed by atoms with Crippen LogP contribution in [-0.2, 0) is 0 Å². The van der Waals surface area contributed by atoms with E-state index in [0.29, 0.717) is 4.75 Å². The van der Waals surface area contributed by atoms with Gasteiger partial charge in [-0.3, -0.25) is 0 Å². The van der Waals surface area contributed by atoms with Gasteiger partial charge in [0.1, 0.15) is 0 Å². The third kappa shape index (κ3) is 22.7. The largest absolute Gasteiger partial charge is 0.0936 e. The van der Waals surface area contributed by atoms with Gasteiger partial charge in [0.25, 0.3) is 0 Å². The van der Waals surface area contributed by atoms with Crippen molar-refractivity contribution in [3.8, 4) is 0 Å². The Bertz CT molecular complexity index is 233. The Balaban J connectivity index is 3.00. The third-order valence-electron chi connectivity index (χ3n) is 4.39. The van der Waals surface area contributed by atoms with Crippen molar-refractivity contribution in [3.05, 3.63) is 0 Å². The molecule has 0 bridgehead atoms. The van der Waals surface area contributed by atoms with Crippen LogP contribution in [0.1, 0.15) is 130 Å². The van der Waals surface area contributed by atoms with Gasteiger partial charge in [-0.05, 0) is 6.42 Å². The fourth-order valence-electron chi connectivity index (χ4n) is 2.93. The lowest BCUT2D eigenvalue weighted by molar-refractivity contribution is 0.532. The van der Waals surface area contributed by atoms with Crippen LogP contribution in [0, 0.1) is 0 Å². The molecule has 146 valence electrons. The Morgan fingerprint density at radius 1 is 0.500 bits per heavy atom. The molecule has 0 radical (unpaired) electrons. The highest BCUT2D eigenvalue weighted by molar-refractivity contribution is 8.77. The Morgan fingerprint density at radius 3 is 1.17 bits per heavy atom. The molecule has 2 heteroatoms. The van der Waals surface area contributed by atoms with Gasteiger partial charge >= 0.3 is 0 Å². The Morgan fingerprint density at radius 2 is 0.833 bits per heavy atom. The summed E-state index contributed by atoms with van der Waals surface area (Å²) in [4.78, 5) is 0. The van der Waals surface area contributed by atoms with E-state index in [2.05, 4.69) is 38.5 Å². The topological polar surface area (TPSA) is 0 Å². The molecular weight excluding hydrogens is 328 g/mol. The first-order valence-corrected chi connectivity index (χ1v) is 13.2. The fourth-order valence-corrected chi connectivity index (χ4v) is 5.35. The van der Waals surface area contributed by atoms with Crippen molar-refractivity contribution in [2.24, 2.45) is 0 Å². The molecule has 0 aliphatic carbocycles. The Hall–Kier alpha value is 0.700. The average Bonchev–Trinajstić information content (AvgIpc) is 2.52. The second-order valence-corrected chi connectivity index (χ2v) is 11.6. The molecule has 0 aromatic carbocycles. The summed E-state index contributed by atoms with van der Waals surface area (Å²) >= 11 is 0. The first-order valence-electron chi connectivity index (χ1n) is 10.9. The Kier molecular flexibility index (Phi) is 19.0. The minimum atomic E-state index is 0.416. The normalized spacial score (nSPS) is 12.0. The summed E-state index contributed by atoms with van der Waals surface area (Å²) in [5, 5.41) is 0. The first kappa shape index (κ1) is 24.7. The summed E-state index contributed by atoms with van der Waals surface area (Å²) in [5.74, 6) is 1.33. The van der Waals surface area contributed by atoms with Crippen LogP contribution >= 0.6 is 21.6 Å². The van der Waals surface area contributed by atoms with E-state index in [4.69, 9.17) is 0 Å². The van der Waals surface area contributed by atoms with Gasteiger partial charge in [-0.2, -0.15) is 0 Å². The molecule has 0 N–H and O–H groups in total. The molecule has 0 aliphatic heterocycles. The maximum Gasteiger partial charge on any atom is 0.0179 e. The lowest BCUT2D eigenvalue weighted by Crippen LogP contribution is -2.04. The maximum atomic E-state index is 2.30. The molecule has 0 nitrogen and oxygen atoms in total. The molecule has 0 fully saturated rings. The quantitative estimate of drug-likeness (QED) is 0.173. The van der Waals surface area contributed by atoms with Gasteiger partial charge in [0.15, 0.2) is 0 Å². The lowest BCUT2D eigenvalue weighted by Gasteiger charge is -2.15. The van der Waals surface area contributed by atoms with Gasteiger partial charge in [0, 0.05) is 10.5 Å². The van der Waals surface area contributed by atoms with E-state index < -0.39 is 0 Å². The van der Waals surface area contributed by atoms with E-state index in [9.17, 15) is 0 Å². The van der Waals surface area contributed by atoms with E-state index in [1.54, 1.807) is 0 Å². The van der Waals surface area contributed by atoms with E-state index in [-0.39, 0.29) is 0 Å². The van der Waals surface area contributed by atoms with E-state index in [1.165, 1.54) is 108 Å². The van der Waals surface area contributed by atoms with E-state index >= 15 is 0 Å². The first-order chi connectivity index (χ1) is 11.6. The number of hydrogen-bond acceptors (Lipinski definition) is 2. The molecule has 0 rings (SSSR count). The smallest absolute Gasteiger partial charge is 0.0179 e. The summed E-state index contributed by atoms with van der Waals surface area (Å²) in [6, 6.07) is 0. The number of rotatable bonds is 18. The zero-order chi connectivity index (χ0) is 17.9. The average molecular weight is 375 g/mol. The van der Waals surface area contributed by atoms with Gasteiger partial charge in [-0.1, -0.05) is 146 Å². The van der Waals surface area contributed by atoms with Crippen molar-refractivity contribution in [3.63, 3.8) is 0 Å². The van der Waals surface area contributed by atoms with Gasteiger partial charge < -0.3 is 0 Å². The predicted octanol–water partition coefficient (Wildman–Crippen LogP) is 9.43. The molecular formula is C22H46S2. The molecule has 0 amide bonds. The highest BCUT2D eigenvalue weighted by Gasteiger charge is 2.10. The molecule has 0 saturated heterocycles. The van der Waals surface area contributed by atoms with Crippen LogP contribution in [0.2, 0.25) is 0 Å². The van der Waals surface area contributed by atoms with E-state index in [1.807, 2.05) is 10.8 Å². The van der Waals surface area contributed by atoms with E-state index in [0.717, 1.165) is 0 Å². The minimum absolute atomic E-state index is 0.416. The molecule has 0 unspecified atom stereocenters. The van der Waals surface area contributed by atoms with Crippen molar-refractivity contribution < 1.29 is 0 Å². The van der Waals surface area contributed by atoms with Crippen LogP contribution in [0.4, 0.5) is 0 Å². The molecule has 0 spiro atoms. The molecule has 24 heavy (non-hydrogen) atoms. The van der Waals surface area contributed by atoms with Crippen LogP contribution in [-0.4, -0.2) is 10.5 Å². The second kappa shape index (κ2) is 18.5. The van der Waals surface area contributed by atoms with Crippen molar-refractivity contribution >= 4 is 21.6 Å². The summed E-state index contributed by atoms with van der Waals surface area (Å²) in [6.45, 7) is 9.21. The molecule has 0 atom stereocenters. The van der Waals surface area contributed by atoms with Gasteiger partial charge in [-0.15, -0.1) is 0 Å². The second-order valence-electron chi connectivity index (χ2n) is 8.32. The van der Waals surface area contributed by atoms with Crippen molar-refractivity contribution in [2.45, 2.75) is 135 Å². The fraction of sp³-hybridized carbons (Fsp3) is 1.00. The molecule has 0 aliphatic rings. The van der Waals surface area contributed by atoms with Crippen LogP contribution < -0.4 is 0 Å². The van der Waals surface area contributed by atoms with Crippen LogP contribution in [0.5, 0.6) is 0 Å². The van der Waals surface area contributed by atoms with Crippen LogP contribution in [0.25, 0.3) is 0 Å². The standard InChI is InChI=1S/C22H46S2/c1-5-6-7-8-9-10-11-12-13-14-15-16-17-18-19-20-21-23-24-22(2,3)4/h5-21H2,1-4H3.